The van der Waals surface area contributed by atoms with Crippen molar-refractivity contribution in [3.8, 4) is 22.6 Å². The van der Waals surface area contributed by atoms with Crippen LogP contribution >= 0.6 is 11.6 Å². The number of alkyl carbamates (subject to hydrolysis) is 1. The lowest BCUT2D eigenvalue weighted by molar-refractivity contribution is 0.168. The van der Waals surface area contributed by atoms with Crippen LogP contribution in [-0.2, 0) is 14.8 Å². The highest BCUT2D eigenvalue weighted by Crippen LogP contribution is 2.43. The van der Waals surface area contributed by atoms with Crippen LogP contribution in [0.3, 0.4) is 0 Å². The molecule has 1 saturated carbocycles. The van der Waals surface area contributed by atoms with Gasteiger partial charge in [0.15, 0.2) is 0 Å². The van der Waals surface area contributed by atoms with Gasteiger partial charge in [0, 0.05) is 30.3 Å². The SMILES string of the molecule is COC(=O)N[C@@H](C)CNc1nccc(-c2[nH]c(C3CC3)nc2-c2cc(F)cc(NS(C)(=O)=O)c2Cl)n1. The van der Waals surface area contributed by atoms with Crippen molar-refractivity contribution in [2.45, 2.75) is 31.7 Å². The maximum atomic E-state index is 14.5. The van der Waals surface area contributed by atoms with Crippen LogP contribution in [0.15, 0.2) is 24.4 Å². The van der Waals surface area contributed by atoms with E-state index in [1.54, 1.807) is 19.2 Å². The minimum Gasteiger partial charge on any atom is -0.453 e. The Bertz CT molecular complexity index is 1400. The number of carbonyl (C=O) groups excluding carboxylic acids is 1. The van der Waals surface area contributed by atoms with E-state index in [9.17, 15) is 17.6 Å². The molecule has 1 amide bonds. The standard InChI is InChI=1S/C22H25ClFN7O4S/c1-11(27-22(32)35-2)10-26-21-25-7-6-15(28-21)19-18(29-20(30-19)12-4-5-12)14-8-13(24)9-16(17(14)23)31-36(3,33)34/h6-9,11-12,31H,4-5,10H2,1-3H3,(H,27,32)(H,29,30)(H,25,26,28)/t11-/m0/s1. The third kappa shape index (κ3) is 6.21. The summed E-state index contributed by atoms with van der Waals surface area (Å²) in [7, 11) is -2.41. The number of carbonyl (C=O) groups is 1. The normalized spacial score (nSPS) is 14.2. The highest BCUT2D eigenvalue weighted by molar-refractivity contribution is 7.92. The second-order valence-corrected chi connectivity index (χ2v) is 10.6. The van der Waals surface area contributed by atoms with Gasteiger partial charge in [0.1, 0.15) is 11.6 Å². The monoisotopic (exact) mass is 537 g/mol. The van der Waals surface area contributed by atoms with Crippen LogP contribution in [0.5, 0.6) is 0 Å². The second-order valence-electron chi connectivity index (χ2n) is 8.49. The number of aromatic nitrogens is 4. The number of anilines is 2. The van der Waals surface area contributed by atoms with Crippen LogP contribution in [-0.4, -0.2) is 60.4 Å². The van der Waals surface area contributed by atoms with Gasteiger partial charge in [0.05, 0.1) is 41.2 Å². The molecule has 0 unspecified atom stereocenters. The molecule has 4 N–H and O–H groups in total. The molecule has 0 bridgehead atoms. The van der Waals surface area contributed by atoms with E-state index in [-0.39, 0.29) is 28.2 Å². The van der Waals surface area contributed by atoms with E-state index in [1.165, 1.54) is 13.2 Å². The first-order valence-electron chi connectivity index (χ1n) is 11.0. The zero-order valence-electron chi connectivity index (χ0n) is 19.7. The number of hydrogen-bond acceptors (Lipinski definition) is 8. The van der Waals surface area contributed by atoms with Crippen molar-refractivity contribution in [1.29, 1.82) is 0 Å². The number of aromatic amines is 1. The minimum atomic E-state index is -3.70. The summed E-state index contributed by atoms with van der Waals surface area (Å²) in [6, 6.07) is 3.61. The highest BCUT2D eigenvalue weighted by Gasteiger charge is 2.30. The number of ether oxygens (including phenoxy) is 1. The molecule has 36 heavy (non-hydrogen) atoms. The Hall–Kier alpha value is -3.45. The first-order chi connectivity index (χ1) is 17.0. The number of nitrogens with one attached hydrogen (secondary N) is 4. The lowest BCUT2D eigenvalue weighted by Gasteiger charge is -2.14. The number of halogens is 2. The molecule has 2 heterocycles. The topological polar surface area (TPSA) is 151 Å². The zero-order chi connectivity index (χ0) is 26.0. The van der Waals surface area contributed by atoms with Crippen LogP contribution in [0.4, 0.5) is 20.8 Å². The van der Waals surface area contributed by atoms with Gasteiger partial charge in [-0.15, -0.1) is 0 Å². The predicted octanol–water partition coefficient (Wildman–Crippen LogP) is 3.73. The summed E-state index contributed by atoms with van der Waals surface area (Å²) >= 11 is 6.52. The van der Waals surface area contributed by atoms with Crippen molar-refractivity contribution >= 4 is 39.4 Å². The zero-order valence-corrected chi connectivity index (χ0v) is 21.3. The Balaban J connectivity index is 1.70. The van der Waals surface area contributed by atoms with Crippen LogP contribution in [0.25, 0.3) is 22.6 Å². The number of amides is 1. The van der Waals surface area contributed by atoms with Crippen molar-refractivity contribution in [2.75, 3.05) is 29.9 Å². The Morgan fingerprint density at radius 1 is 1.33 bits per heavy atom. The van der Waals surface area contributed by atoms with Gasteiger partial charge in [0.2, 0.25) is 16.0 Å². The van der Waals surface area contributed by atoms with Gasteiger partial charge in [-0.1, -0.05) is 11.6 Å². The summed E-state index contributed by atoms with van der Waals surface area (Å²) in [4.78, 5) is 28.1. The summed E-state index contributed by atoms with van der Waals surface area (Å²) in [5, 5.41) is 5.70. The smallest absolute Gasteiger partial charge is 0.407 e. The van der Waals surface area contributed by atoms with Crippen LogP contribution in [0, 0.1) is 5.82 Å². The third-order valence-electron chi connectivity index (χ3n) is 5.30. The second kappa shape index (κ2) is 10.3. The molecule has 0 radical (unpaired) electrons. The fourth-order valence-corrected chi connectivity index (χ4v) is 4.36. The number of imidazole rings is 1. The number of benzene rings is 1. The number of rotatable bonds is 9. The van der Waals surface area contributed by atoms with E-state index in [2.05, 4.69) is 40.0 Å². The highest BCUT2D eigenvalue weighted by atomic mass is 35.5. The van der Waals surface area contributed by atoms with Crippen molar-refractivity contribution in [3.63, 3.8) is 0 Å². The van der Waals surface area contributed by atoms with Crippen molar-refractivity contribution in [3.05, 3.63) is 41.1 Å². The molecule has 1 aliphatic rings. The molecule has 3 aromatic rings. The maximum Gasteiger partial charge on any atom is 0.407 e. The average molecular weight is 538 g/mol. The molecule has 1 atom stereocenters. The lowest BCUT2D eigenvalue weighted by Crippen LogP contribution is -2.37. The molecule has 14 heteroatoms. The predicted molar refractivity (Wildman–Crippen MR) is 134 cm³/mol. The number of methoxy groups -OCH3 is 1. The molecule has 2 aromatic heterocycles. The van der Waals surface area contributed by atoms with Crippen LogP contribution in [0.1, 0.15) is 31.5 Å². The molecule has 1 fully saturated rings. The van der Waals surface area contributed by atoms with Crippen LogP contribution < -0.4 is 15.4 Å². The Morgan fingerprint density at radius 2 is 2.08 bits per heavy atom. The van der Waals surface area contributed by atoms with Gasteiger partial charge in [-0.2, -0.15) is 0 Å². The molecule has 1 aliphatic carbocycles. The minimum absolute atomic E-state index is 0.00651. The fourth-order valence-electron chi connectivity index (χ4n) is 3.50. The molecule has 0 saturated heterocycles. The van der Waals surface area contributed by atoms with Crippen molar-refractivity contribution in [1.82, 2.24) is 25.3 Å². The van der Waals surface area contributed by atoms with Gasteiger partial charge in [0.25, 0.3) is 0 Å². The lowest BCUT2D eigenvalue weighted by atomic mass is 10.1. The van der Waals surface area contributed by atoms with Gasteiger partial charge < -0.3 is 20.4 Å². The summed E-state index contributed by atoms with van der Waals surface area (Å²) in [5.41, 5.74) is 1.41. The molecule has 1 aromatic carbocycles. The van der Waals surface area contributed by atoms with Crippen molar-refractivity contribution in [2.24, 2.45) is 0 Å². The third-order valence-corrected chi connectivity index (χ3v) is 6.30. The number of H-pyrrole nitrogens is 1. The Labute approximate surface area is 212 Å². The van der Waals surface area contributed by atoms with Gasteiger partial charge in [-0.3, -0.25) is 4.72 Å². The fraction of sp³-hybridized carbons (Fsp3) is 0.364. The maximum absolute atomic E-state index is 14.5. The van der Waals surface area contributed by atoms with E-state index in [0.717, 1.165) is 25.2 Å². The number of sulfonamides is 1. The largest absolute Gasteiger partial charge is 0.453 e. The van der Waals surface area contributed by atoms with E-state index < -0.39 is 21.9 Å². The molecule has 0 spiro atoms. The first kappa shape index (κ1) is 25.6. The molecule has 0 aliphatic heterocycles. The average Bonchev–Trinajstić information content (AvgIpc) is 3.57. The molecular weight excluding hydrogens is 513 g/mol. The first-order valence-corrected chi connectivity index (χ1v) is 13.3. The molecular formula is C22H25ClFN7O4S. The van der Waals surface area contributed by atoms with E-state index >= 15 is 0 Å². The van der Waals surface area contributed by atoms with Crippen molar-refractivity contribution < 1.29 is 22.3 Å². The van der Waals surface area contributed by atoms with E-state index in [1.807, 2.05) is 0 Å². The summed E-state index contributed by atoms with van der Waals surface area (Å²) < 4.78 is 44.9. The van der Waals surface area contributed by atoms with E-state index in [4.69, 9.17) is 11.6 Å². The molecule has 11 nitrogen and oxygen atoms in total. The van der Waals surface area contributed by atoms with E-state index in [0.29, 0.717) is 35.4 Å². The Kier molecular flexibility index (Phi) is 7.31. The van der Waals surface area contributed by atoms with Gasteiger partial charge in [-0.05, 0) is 38.0 Å². The van der Waals surface area contributed by atoms with Gasteiger partial charge >= 0.3 is 6.09 Å². The van der Waals surface area contributed by atoms with Crippen LogP contribution in [0.2, 0.25) is 5.02 Å². The number of hydrogen-bond donors (Lipinski definition) is 4. The summed E-state index contributed by atoms with van der Waals surface area (Å²) in [5.74, 6) is 0.564. The Morgan fingerprint density at radius 3 is 2.75 bits per heavy atom. The quantitative estimate of drug-likeness (QED) is 0.322. The molecule has 4 rings (SSSR count). The molecule has 192 valence electrons. The van der Waals surface area contributed by atoms with Gasteiger partial charge in [-0.25, -0.2) is 32.6 Å². The number of nitrogens with zero attached hydrogens (tertiary/aromatic N) is 3. The summed E-state index contributed by atoms with van der Waals surface area (Å²) in [6.07, 6.45) is 3.88. The summed E-state index contributed by atoms with van der Waals surface area (Å²) in [6.45, 7) is 2.12.